The van der Waals surface area contributed by atoms with Crippen molar-refractivity contribution in [2.24, 2.45) is 0 Å². The SMILES string of the molecule is Cc1cccc(C(=O)N(Cc2cc(NC(=O)c3ccccc3Cl)ccc2N(C)C)C[C@@H]2CCCO2)c1. The van der Waals surface area contributed by atoms with E-state index in [9.17, 15) is 9.59 Å². The third-order valence-electron chi connectivity index (χ3n) is 6.30. The van der Waals surface area contributed by atoms with Crippen molar-refractivity contribution in [1.82, 2.24) is 4.90 Å². The number of amides is 2. The minimum atomic E-state index is -0.281. The lowest BCUT2D eigenvalue weighted by Crippen LogP contribution is -2.37. The minimum Gasteiger partial charge on any atom is -0.377 e. The monoisotopic (exact) mass is 505 g/mol. The number of aryl methyl sites for hydroxylation is 1. The highest BCUT2D eigenvalue weighted by molar-refractivity contribution is 6.34. The summed E-state index contributed by atoms with van der Waals surface area (Å²) in [7, 11) is 3.93. The summed E-state index contributed by atoms with van der Waals surface area (Å²) in [6.45, 7) is 3.60. The molecule has 1 N–H and O–H groups in total. The molecular weight excluding hydrogens is 474 g/mol. The van der Waals surface area contributed by atoms with Crippen molar-refractivity contribution in [3.8, 4) is 0 Å². The first-order valence-corrected chi connectivity index (χ1v) is 12.5. The highest BCUT2D eigenvalue weighted by Crippen LogP contribution is 2.27. The zero-order valence-electron chi connectivity index (χ0n) is 21.0. The van der Waals surface area contributed by atoms with Crippen molar-refractivity contribution >= 4 is 34.8 Å². The number of carbonyl (C=O) groups is 2. The molecule has 2 amide bonds. The summed E-state index contributed by atoms with van der Waals surface area (Å²) >= 11 is 6.21. The van der Waals surface area contributed by atoms with E-state index in [2.05, 4.69) is 5.32 Å². The molecule has 36 heavy (non-hydrogen) atoms. The maximum absolute atomic E-state index is 13.6. The van der Waals surface area contributed by atoms with E-state index < -0.39 is 0 Å². The van der Waals surface area contributed by atoms with Gasteiger partial charge in [0.1, 0.15) is 0 Å². The molecule has 0 radical (unpaired) electrons. The molecule has 3 aromatic carbocycles. The summed E-state index contributed by atoms with van der Waals surface area (Å²) in [5.41, 5.74) is 4.64. The van der Waals surface area contributed by atoms with Crippen LogP contribution in [0, 0.1) is 6.92 Å². The molecule has 4 rings (SSSR count). The number of carbonyl (C=O) groups excluding carboxylic acids is 2. The zero-order valence-corrected chi connectivity index (χ0v) is 21.7. The summed E-state index contributed by atoms with van der Waals surface area (Å²) in [6.07, 6.45) is 1.96. The molecular formula is C29H32ClN3O3. The molecule has 0 aliphatic carbocycles. The lowest BCUT2D eigenvalue weighted by Gasteiger charge is -2.28. The Morgan fingerprint density at radius 3 is 2.56 bits per heavy atom. The number of hydrogen-bond acceptors (Lipinski definition) is 4. The number of rotatable bonds is 8. The molecule has 1 saturated heterocycles. The van der Waals surface area contributed by atoms with Crippen LogP contribution in [-0.4, -0.2) is 50.1 Å². The average Bonchev–Trinajstić information content (AvgIpc) is 3.36. The Kier molecular flexibility index (Phi) is 8.28. The van der Waals surface area contributed by atoms with Crippen LogP contribution in [0.2, 0.25) is 5.02 Å². The van der Waals surface area contributed by atoms with Crippen LogP contribution in [-0.2, 0) is 11.3 Å². The van der Waals surface area contributed by atoms with Crippen LogP contribution in [0.5, 0.6) is 0 Å². The van der Waals surface area contributed by atoms with E-state index in [1.54, 1.807) is 24.3 Å². The van der Waals surface area contributed by atoms with Crippen LogP contribution < -0.4 is 10.2 Å². The maximum Gasteiger partial charge on any atom is 0.257 e. The highest BCUT2D eigenvalue weighted by Gasteiger charge is 2.25. The molecule has 6 nitrogen and oxygen atoms in total. The molecule has 0 bridgehead atoms. The van der Waals surface area contributed by atoms with Gasteiger partial charge in [0, 0.05) is 50.7 Å². The van der Waals surface area contributed by atoms with Crippen LogP contribution >= 0.6 is 11.6 Å². The summed E-state index contributed by atoms with van der Waals surface area (Å²) in [5.74, 6) is -0.319. The highest BCUT2D eigenvalue weighted by atomic mass is 35.5. The average molecular weight is 506 g/mol. The van der Waals surface area contributed by atoms with Crippen molar-refractivity contribution in [3.63, 3.8) is 0 Å². The van der Waals surface area contributed by atoms with Crippen LogP contribution in [0.4, 0.5) is 11.4 Å². The van der Waals surface area contributed by atoms with Crippen molar-refractivity contribution < 1.29 is 14.3 Å². The number of nitrogens with zero attached hydrogens (tertiary/aromatic N) is 2. The first kappa shape index (κ1) is 25.7. The standard InChI is InChI=1S/C29H32ClN3O3/c1-20-8-6-9-21(16-20)29(35)33(19-24-10-7-15-36-24)18-22-17-23(13-14-27(22)32(2)3)31-28(34)25-11-4-5-12-26(25)30/h4-6,8-9,11-14,16-17,24H,7,10,15,18-19H2,1-3H3,(H,31,34)/t24-/m0/s1. The van der Waals surface area contributed by atoms with Crippen molar-refractivity contribution in [3.05, 3.63) is 94.0 Å². The number of anilines is 2. The molecule has 0 unspecified atom stereocenters. The molecule has 1 aliphatic heterocycles. The minimum absolute atomic E-state index is 0.0182. The quantitative estimate of drug-likeness (QED) is 0.421. The van der Waals surface area contributed by atoms with Gasteiger partial charge >= 0.3 is 0 Å². The molecule has 1 atom stereocenters. The second-order valence-corrected chi connectivity index (χ2v) is 9.77. The fraction of sp³-hybridized carbons (Fsp3) is 0.310. The van der Waals surface area contributed by atoms with Crippen molar-refractivity contribution in [2.45, 2.75) is 32.4 Å². The molecule has 3 aromatic rings. The Morgan fingerprint density at radius 1 is 1.06 bits per heavy atom. The van der Waals surface area contributed by atoms with Gasteiger partial charge in [0.2, 0.25) is 0 Å². The number of nitrogens with one attached hydrogen (secondary N) is 1. The lowest BCUT2D eigenvalue weighted by molar-refractivity contribution is 0.0507. The van der Waals surface area contributed by atoms with E-state index in [-0.39, 0.29) is 17.9 Å². The zero-order chi connectivity index (χ0) is 25.7. The third-order valence-corrected chi connectivity index (χ3v) is 6.63. The van der Waals surface area contributed by atoms with E-state index >= 15 is 0 Å². The second-order valence-electron chi connectivity index (χ2n) is 9.36. The van der Waals surface area contributed by atoms with Crippen molar-refractivity contribution in [1.29, 1.82) is 0 Å². The molecule has 0 aromatic heterocycles. The Morgan fingerprint density at radius 2 is 1.86 bits per heavy atom. The van der Waals surface area contributed by atoms with E-state index in [1.807, 2.05) is 73.3 Å². The molecule has 188 valence electrons. The Hall–Kier alpha value is -3.35. The van der Waals surface area contributed by atoms with Gasteiger partial charge < -0.3 is 19.9 Å². The van der Waals surface area contributed by atoms with Crippen LogP contribution in [0.15, 0.2) is 66.7 Å². The van der Waals surface area contributed by atoms with E-state index in [0.717, 1.165) is 36.3 Å². The molecule has 1 heterocycles. The Bertz CT molecular complexity index is 1240. The normalized spacial score (nSPS) is 14.9. The van der Waals surface area contributed by atoms with Crippen LogP contribution in [0.1, 0.15) is 44.7 Å². The maximum atomic E-state index is 13.6. The van der Waals surface area contributed by atoms with Crippen LogP contribution in [0.25, 0.3) is 0 Å². The number of halogens is 1. The van der Waals surface area contributed by atoms with Gasteiger partial charge in [0.25, 0.3) is 11.8 Å². The molecule has 1 aliphatic rings. The van der Waals surface area contributed by atoms with Gasteiger partial charge in [-0.3, -0.25) is 9.59 Å². The Labute approximate surface area is 217 Å². The Balaban J connectivity index is 1.63. The van der Waals surface area contributed by atoms with Gasteiger partial charge in [-0.05, 0) is 67.8 Å². The summed E-state index contributed by atoms with van der Waals surface area (Å²) < 4.78 is 5.87. The van der Waals surface area contributed by atoms with Crippen molar-refractivity contribution in [2.75, 3.05) is 37.5 Å². The van der Waals surface area contributed by atoms with Gasteiger partial charge in [0.15, 0.2) is 0 Å². The molecule has 0 saturated carbocycles. The number of hydrogen-bond donors (Lipinski definition) is 1. The third kappa shape index (κ3) is 6.25. The van der Waals surface area contributed by atoms with E-state index in [0.29, 0.717) is 34.9 Å². The second kappa shape index (κ2) is 11.6. The van der Waals surface area contributed by atoms with Gasteiger partial charge in [-0.2, -0.15) is 0 Å². The predicted molar refractivity (Wildman–Crippen MR) is 145 cm³/mol. The largest absolute Gasteiger partial charge is 0.377 e. The molecule has 7 heteroatoms. The number of ether oxygens (including phenoxy) is 1. The van der Waals surface area contributed by atoms with Crippen LogP contribution in [0.3, 0.4) is 0 Å². The summed E-state index contributed by atoms with van der Waals surface area (Å²) in [5, 5.41) is 3.35. The van der Waals surface area contributed by atoms with Gasteiger partial charge in [0.05, 0.1) is 16.7 Å². The molecule has 0 spiro atoms. The van der Waals surface area contributed by atoms with E-state index in [1.165, 1.54) is 0 Å². The van der Waals surface area contributed by atoms with Gasteiger partial charge in [-0.15, -0.1) is 0 Å². The number of benzene rings is 3. The van der Waals surface area contributed by atoms with E-state index in [4.69, 9.17) is 16.3 Å². The fourth-order valence-electron chi connectivity index (χ4n) is 4.49. The predicted octanol–water partition coefficient (Wildman–Crippen LogP) is 5.79. The van der Waals surface area contributed by atoms with Gasteiger partial charge in [-0.25, -0.2) is 0 Å². The lowest BCUT2D eigenvalue weighted by atomic mass is 10.1. The fourth-order valence-corrected chi connectivity index (χ4v) is 4.71. The summed E-state index contributed by atoms with van der Waals surface area (Å²) in [6, 6.07) is 20.4. The van der Waals surface area contributed by atoms with Gasteiger partial charge in [-0.1, -0.05) is 41.4 Å². The smallest absolute Gasteiger partial charge is 0.257 e. The summed E-state index contributed by atoms with van der Waals surface area (Å²) in [4.78, 5) is 30.3. The first-order valence-electron chi connectivity index (χ1n) is 12.2. The first-order chi connectivity index (χ1) is 17.3. The molecule has 1 fully saturated rings. The topological polar surface area (TPSA) is 61.9 Å².